The summed E-state index contributed by atoms with van der Waals surface area (Å²) < 4.78 is 5.40. The lowest BCUT2D eigenvalue weighted by Crippen LogP contribution is -2.39. The Morgan fingerprint density at radius 1 is 1.33 bits per heavy atom. The van der Waals surface area contributed by atoms with Crippen LogP contribution in [0.25, 0.3) is 0 Å². The third kappa shape index (κ3) is 3.75. The van der Waals surface area contributed by atoms with Gasteiger partial charge in [-0.05, 0) is 38.8 Å². The Kier molecular flexibility index (Phi) is 4.27. The molecule has 1 aromatic heterocycles. The normalized spacial score (nSPS) is 14.6. The summed E-state index contributed by atoms with van der Waals surface area (Å²) in [5.41, 5.74) is 0.570. The molecule has 1 aromatic rings. The maximum absolute atomic E-state index is 12.1. The number of thiophene rings is 1. The molecule has 0 atom stereocenters. The Morgan fingerprint density at radius 2 is 2.00 bits per heavy atom. The van der Waals surface area contributed by atoms with Gasteiger partial charge in [0.1, 0.15) is 5.60 Å². The maximum atomic E-state index is 12.1. The second kappa shape index (κ2) is 5.67. The molecule has 0 saturated heterocycles. The fraction of sp³-hybridized carbons (Fsp3) is 0.600. The van der Waals surface area contributed by atoms with Gasteiger partial charge in [0.05, 0.1) is 11.4 Å². The van der Waals surface area contributed by atoms with Crippen LogP contribution < -0.4 is 0 Å². The van der Waals surface area contributed by atoms with Crippen molar-refractivity contribution in [2.45, 2.75) is 39.3 Å². The Balaban J connectivity index is 2.10. The lowest BCUT2D eigenvalue weighted by molar-refractivity contribution is 0.0225. The van der Waals surface area contributed by atoms with Crippen molar-refractivity contribution >= 4 is 23.3 Å². The van der Waals surface area contributed by atoms with E-state index in [0.717, 1.165) is 16.9 Å². The maximum Gasteiger partial charge on any atom is 0.410 e. The SMILES string of the molecule is CN(C)C(=O)c1cc2c(s1)CCN(C(=O)OC(C)(C)C)C2. The lowest BCUT2D eigenvalue weighted by atomic mass is 10.1. The third-order valence-corrected chi connectivity index (χ3v) is 4.36. The van der Waals surface area contributed by atoms with Gasteiger partial charge in [0.2, 0.25) is 0 Å². The van der Waals surface area contributed by atoms with E-state index in [1.165, 1.54) is 16.2 Å². The van der Waals surface area contributed by atoms with Crippen LogP contribution in [-0.4, -0.2) is 48.0 Å². The molecule has 0 spiro atoms. The number of carbonyl (C=O) groups is 2. The summed E-state index contributed by atoms with van der Waals surface area (Å²) in [7, 11) is 3.49. The topological polar surface area (TPSA) is 49.9 Å². The minimum atomic E-state index is -0.488. The first-order valence-corrected chi connectivity index (χ1v) is 7.80. The first-order valence-electron chi connectivity index (χ1n) is 6.98. The molecule has 0 saturated carbocycles. The largest absolute Gasteiger partial charge is 0.444 e. The van der Waals surface area contributed by atoms with Crippen molar-refractivity contribution in [3.63, 3.8) is 0 Å². The highest BCUT2D eigenvalue weighted by Crippen LogP contribution is 2.29. The van der Waals surface area contributed by atoms with E-state index in [0.29, 0.717) is 13.1 Å². The summed E-state index contributed by atoms with van der Waals surface area (Å²) in [6.07, 6.45) is 0.486. The van der Waals surface area contributed by atoms with Gasteiger partial charge < -0.3 is 14.5 Å². The zero-order valence-electron chi connectivity index (χ0n) is 13.2. The number of hydrogen-bond donors (Lipinski definition) is 0. The minimum absolute atomic E-state index is 0.0122. The van der Waals surface area contributed by atoms with Crippen LogP contribution in [-0.2, 0) is 17.7 Å². The van der Waals surface area contributed by atoms with Crippen LogP contribution in [0.1, 0.15) is 40.9 Å². The monoisotopic (exact) mass is 310 g/mol. The molecule has 6 heteroatoms. The number of hydrogen-bond acceptors (Lipinski definition) is 4. The van der Waals surface area contributed by atoms with Crippen molar-refractivity contribution in [3.8, 4) is 0 Å². The van der Waals surface area contributed by atoms with Crippen LogP contribution in [0.5, 0.6) is 0 Å². The van der Waals surface area contributed by atoms with Gasteiger partial charge in [-0.25, -0.2) is 4.79 Å². The first kappa shape index (κ1) is 15.8. The molecular formula is C15H22N2O3S. The minimum Gasteiger partial charge on any atom is -0.444 e. The molecule has 0 radical (unpaired) electrons. The van der Waals surface area contributed by atoms with E-state index in [4.69, 9.17) is 4.74 Å². The molecule has 0 aromatic carbocycles. The summed E-state index contributed by atoms with van der Waals surface area (Å²) in [4.78, 5) is 29.3. The zero-order chi connectivity index (χ0) is 15.8. The van der Waals surface area contributed by atoms with Crippen molar-refractivity contribution in [2.24, 2.45) is 0 Å². The number of amides is 2. The van der Waals surface area contributed by atoms with Crippen LogP contribution in [0.15, 0.2) is 6.07 Å². The molecule has 0 fully saturated rings. The van der Waals surface area contributed by atoms with Gasteiger partial charge in [0, 0.05) is 25.5 Å². The Bertz CT molecular complexity index is 558. The molecular weight excluding hydrogens is 288 g/mol. The molecule has 0 unspecified atom stereocenters. The van der Waals surface area contributed by atoms with Crippen molar-refractivity contribution in [3.05, 3.63) is 21.4 Å². The van der Waals surface area contributed by atoms with Gasteiger partial charge in [-0.3, -0.25) is 4.79 Å². The van der Waals surface area contributed by atoms with E-state index in [-0.39, 0.29) is 12.0 Å². The first-order chi connectivity index (χ1) is 9.67. The number of carbonyl (C=O) groups excluding carboxylic acids is 2. The lowest BCUT2D eigenvalue weighted by Gasteiger charge is -2.29. The highest BCUT2D eigenvalue weighted by molar-refractivity contribution is 7.14. The molecule has 0 bridgehead atoms. The van der Waals surface area contributed by atoms with Gasteiger partial charge in [-0.2, -0.15) is 0 Å². The quantitative estimate of drug-likeness (QED) is 0.801. The molecule has 1 aliphatic rings. The second-order valence-corrected chi connectivity index (χ2v) is 7.55. The molecule has 2 heterocycles. The van der Waals surface area contributed by atoms with Gasteiger partial charge >= 0.3 is 6.09 Å². The molecule has 2 rings (SSSR count). The number of fused-ring (bicyclic) bond motifs is 1. The molecule has 5 nitrogen and oxygen atoms in total. The Labute approximate surface area is 129 Å². The van der Waals surface area contributed by atoms with E-state index in [1.54, 1.807) is 23.9 Å². The van der Waals surface area contributed by atoms with E-state index < -0.39 is 5.60 Å². The molecule has 0 aliphatic carbocycles. The van der Waals surface area contributed by atoms with E-state index in [1.807, 2.05) is 26.8 Å². The molecule has 0 N–H and O–H groups in total. The molecule has 21 heavy (non-hydrogen) atoms. The van der Waals surface area contributed by atoms with E-state index in [2.05, 4.69) is 0 Å². The van der Waals surface area contributed by atoms with Crippen molar-refractivity contribution in [2.75, 3.05) is 20.6 Å². The molecule has 116 valence electrons. The third-order valence-electron chi connectivity index (χ3n) is 3.14. The average molecular weight is 310 g/mol. The van der Waals surface area contributed by atoms with Gasteiger partial charge in [0.25, 0.3) is 5.91 Å². The predicted molar refractivity (Wildman–Crippen MR) is 82.7 cm³/mol. The highest BCUT2D eigenvalue weighted by Gasteiger charge is 2.27. The smallest absolute Gasteiger partial charge is 0.410 e. The van der Waals surface area contributed by atoms with Gasteiger partial charge in [0.15, 0.2) is 0 Å². The number of ether oxygens (including phenoxy) is 1. The predicted octanol–water partition coefficient (Wildman–Crippen LogP) is 2.74. The fourth-order valence-corrected chi connectivity index (χ4v) is 3.33. The zero-order valence-corrected chi connectivity index (χ0v) is 14.0. The summed E-state index contributed by atoms with van der Waals surface area (Å²) in [6, 6.07) is 1.90. The van der Waals surface area contributed by atoms with Crippen molar-refractivity contribution in [1.82, 2.24) is 9.80 Å². The standard InChI is InChI=1S/C15H22N2O3S/c1-15(2,3)20-14(19)17-7-6-11-10(9-17)8-12(21-11)13(18)16(4)5/h8H,6-7,9H2,1-5H3. The van der Waals surface area contributed by atoms with Gasteiger partial charge in [-0.1, -0.05) is 0 Å². The van der Waals surface area contributed by atoms with Crippen molar-refractivity contribution < 1.29 is 14.3 Å². The van der Waals surface area contributed by atoms with E-state index >= 15 is 0 Å². The fourth-order valence-electron chi connectivity index (χ4n) is 2.14. The van der Waals surface area contributed by atoms with Gasteiger partial charge in [-0.15, -0.1) is 11.3 Å². The molecule has 2 amide bonds. The van der Waals surface area contributed by atoms with Crippen LogP contribution in [0, 0.1) is 0 Å². The number of rotatable bonds is 1. The van der Waals surface area contributed by atoms with Crippen LogP contribution in [0.3, 0.4) is 0 Å². The van der Waals surface area contributed by atoms with Crippen LogP contribution >= 0.6 is 11.3 Å². The van der Waals surface area contributed by atoms with Crippen molar-refractivity contribution in [1.29, 1.82) is 0 Å². The highest BCUT2D eigenvalue weighted by atomic mass is 32.1. The van der Waals surface area contributed by atoms with Crippen LogP contribution in [0.4, 0.5) is 4.79 Å². The summed E-state index contributed by atoms with van der Waals surface area (Å²) >= 11 is 1.53. The summed E-state index contributed by atoms with van der Waals surface area (Å²) in [5.74, 6) is 0.0122. The number of nitrogens with zero attached hydrogens (tertiary/aromatic N) is 2. The second-order valence-electron chi connectivity index (χ2n) is 6.41. The Morgan fingerprint density at radius 3 is 2.57 bits per heavy atom. The van der Waals surface area contributed by atoms with Crippen LogP contribution in [0.2, 0.25) is 0 Å². The van der Waals surface area contributed by atoms with E-state index in [9.17, 15) is 9.59 Å². The summed E-state index contributed by atoms with van der Waals surface area (Å²) in [6.45, 7) is 6.73. The Hall–Kier alpha value is -1.56. The summed E-state index contributed by atoms with van der Waals surface area (Å²) in [5, 5.41) is 0. The molecule has 1 aliphatic heterocycles. The average Bonchev–Trinajstić information content (AvgIpc) is 2.77.